The minimum absolute atomic E-state index is 0.374. The Bertz CT molecular complexity index is 96.1. The van der Waals surface area contributed by atoms with Crippen LogP contribution in [0.1, 0.15) is 52.4 Å². The summed E-state index contributed by atoms with van der Waals surface area (Å²) >= 11 is 0. The molecule has 2 heteroatoms. The number of unbranched alkanes of at least 4 members (excludes halogenated alkanes) is 2. The Morgan fingerprint density at radius 3 is 2.38 bits per heavy atom. The number of ether oxygens (including phenoxy) is 1. The second-order valence-corrected chi connectivity index (χ2v) is 3.63. The minimum Gasteiger partial charge on any atom is -0.381 e. The summed E-state index contributed by atoms with van der Waals surface area (Å²) in [6.45, 7) is 6.15. The highest BCUT2D eigenvalue weighted by atomic mass is 16.5. The Hall–Kier alpha value is -0.0800. The van der Waals surface area contributed by atoms with Gasteiger partial charge in [-0.05, 0) is 25.7 Å². The van der Waals surface area contributed by atoms with E-state index in [1.165, 1.54) is 19.3 Å². The molecule has 2 N–H and O–H groups in total. The van der Waals surface area contributed by atoms with E-state index >= 15 is 0 Å². The first-order valence-electron chi connectivity index (χ1n) is 5.64. The van der Waals surface area contributed by atoms with Gasteiger partial charge in [0, 0.05) is 19.3 Å². The molecule has 0 saturated heterocycles. The van der Waals surface area contributed by atoms with Gasteiger partial charge in [0.1, 0.15) is 0 Å². The second kappa shape index (κ2) is 10.0. The molecule has 13 heavy (non-hydrogen) atoms. The molecule has 0 amide bonds. The molecule has 1 atom stereocenters. The highest BCUT2D eigenvalue weighted by Crippen LogP contribution is 2.00. The van der Waals surface area contributed by atoms with E-state index in [-0.39, 0.29) is 0 Å². The van der Waals surface area contributed by atoms with Crippen molar-refractivity contribution in [3.63, 3.8) is 0 Å². The first-order chi connectivity index (χ1) is 6.31. The van der Waals surface area contributed by atoms with Crippen LogP contribution in [0.2, 0.25) is 0 Å². The average Bonchev–Trinajstić information content (AvgIpc) is 2.16. The number of rotatable bonds is 9. The van der Waals surface area contributed by atoms with Crippen molar-refractivity contribution < 1.29 is 4.74 Å². The van der Waals surface area contributed by atoms with Gasteiger partial charge < -0.3 is 10.5 Å². The van der Waals surface area contributed by atoms with Gasteiger partial charge >= 0.3 is 0 Å². The van der Waals surface area contributed by atoms with Gasteiger partial charge in [-0.3, -0.25) is 0 Å². The Morgan fingerprint density at radius 1 is 1.08 bits per heavy atom. The first-order valence-corrected chi connectivity index (χ1v) is 5.64. The van der Waals surface area contributed by atoms with E-state index in [4.69, 9.17) is 10.5 Å². The molecule has 0 aromatic heterocycles. The standard InChI is InChI=1S/C11H25NO/c1-3-5-6-9-13-10-7-8-11(12)4-2/h11H,3-10,12H2,1-2H3. The molecule has 2 nitrogen and oxygen atoms in total. The van der Waals surface area contributed by atoms with Gasteiger partial charge in [-0.1, -0.05) is 26.7 Å². The Balaban J connectivity index is 2.91. The highest BCUT2D eigenvalue weighted by Gasteiger charge is 1.97. The van der Waals surface area contributed by atoms with Crippen LogP contribution in [0.4, 0.5) is 0 Å². The third-order valence-electron chi connectivity index (χ3n) is 2.28. The summed E-state index contributed by atoms with van der Waals surface area (Å²) in [6, 6.07) is 0.374. The lowest BCUT2D eigenvalue weighted by molar-refractivity contribution is 0.125. The van der Waals surface area contributed by atoms with Crippen LogP contribution >= 0.6 is 0 Å². The van der Waals surface area contributed by atoms with E-state index in [9.17, 15) is 0 Å². The van der Waals surface area contributed by atoms with Crippen molar-refractivity contribution in [1.29, 1.82) is 0 Å². The monoisotopic (exact) mass is 187 g/mol. The van der Waals surface area contributed by atoms with Gasteiger partial charge in [0.25, 0.3) is 0 Å². The average molecular weight is 187 g/mol. The molecule has 0 aromatic carbocycles. The predicted octanol–water partition coefficient (Wildman–Crippen LogP) is 2.71. The summed E-state index contributed by atoms with van der Waals surface area (Å²) in [6.07, 6.45) is 7.05. The van der Waals surface area contributed by atoms with Crippen LogP contribution in [0.3, 0.4) is 0 Å². The van der Waals surface area contributed by atoms with Crippen LogP contribution in [-0.2, 0) is 4.74 Å². The van der Waals surface area contributed by atoms with E-state index < -0.39 is 0 Å². The minimum atomic E-state index is 0.374. The van der Waals surface area contributed by atoms with Crippen LogP contribution < -0.4 is 5.73 Å². The normalized spacial score (nSPS) is 13.2. The van der Waals surface area contributed by atoms with Gasteiger partial charge in [0.2, 0.25) is 0 Å². The van der Waals surface area contributed by atoms with Crippen molar-refractivity contribution in [3.05, 3.63) is 0 Å². The van der Waals surface area contributed by atoms with Gasteiger partial charge in [0.05, 0.1) is 0 Å². The molecule has 1 unspecified atom stereocenters. The molecule has 0 aliphatic carbocycles. The summed E-state index contributed by atoms with van der Waals surface area (Å²) in [5.74, 6) is 0. The molecule has 0 aliphatic rings. The van der Waals surface area contributed by atoms with Gasteiger partial charge in [-0.2, -0.15) is 0 Å². The molecular weight excluding hydrogens is 162 g/mol. The quantitative estimate of drug-likeness (QED) is 0.563. The fraction of sp³-hybridized carbons (Fsp3) is 1.00. The maximum Gasteiger partial charge on any atom is 0.0466 e. The SMILES string of the molecule is CCCCCOCCCC(N)CC. The van der Waals surface area contributed by atoms with Crippen LogP contribution in [0, 0.1) is 0 Å². The summed E-state index contributed by atoms with van der Waals surface area (Å²) in [4.78, 5) is 0. The number of nitrogens with two attached hydrogens (primary N) is 1. The molecule has 0 aromatic rings. The maximum absolute atomic E-state index is 5.78. The molecule has 0 saturated carbocycles. The van der Waals surface area contributed by atoms with Crippen molar-refractivity contribution in [1.82, 2.24) is 0 Å². The molecular formula is C11H25NO. The van der Waals surface area contributed by atoms with Crippen molar-refractivity contribution in [2.75, 3.05) is 13.2 Å². The summed E-state index contributed by atoms with van der Waals surface area (Å²) in [7, 11) is 0. The Kier molecular flexibility index (Phi) is 9.94. The molecule has 0 bridgehead atoms. The molecule has 0 radical (unpaired) electrons. The Morgan fingerprint density at radius 2 is 1.77 bits per heavy atom. The van der Waals surface area contributed by atoms with Crippen LogP contribution in [0.5, 0.6) is 0 Å². The molecule has 0 fully saturated rings. The third kappa shape index (κ3) is 9.84. The second-order valence-electron chi connectivity index (χ2n) is 3.63. The highest BCUT2D eigenvalue weighted by molar-refractivity contribution is 4.57. The smallest absolute Gasteiger partial charge is 0.0466 e. The predicted molar refractivity (Wildman–Crippen MR) is 57.8 cm³/mol. The fourth-order valence-electron chi connectivity index (χ4n) is 1.21. The zero-order valence-corrected chi connectivity index (χ0v) is 9.22. The van der Waals surface area contributed by atoms with Crippen LogP contribution in [0.15, 0.2) is 0 Å². The molecule has 0 aliphatic heterocycles. The van der Waals surface area contributed by atoms with Crippen LogP contribution in [-0.4, -0.2) is 19.3 Å². The van der Waals surface area contributed by atoms with Crippen LogP contribution in [0.25, 0.3) is 0 Å². The van der Waals surface area contributed by atoms with Gasteiger partial charge in [-0.25, -0.2) is 0 Å². The van der Waals surface area contributed by atoms with Crippen molar-refractivity contribution in [2.24, 2.45) is 5.73 Å². The topological polar surface area (TPSA) is 35.2 Å². The van der Waals surface area contributed by atoms with Crippen molar-refractivity contribution in [3.8, 4) is 0 Å². The summed E-state index contributed by atoms with van der Waals surface area (Å²) in [5.41, 5.74) is 5.78. The largest absolute Gasteiger partial charge is 0.381 e. The molecule has 0 spiro atoms. The first kappa shape index (κ1) is 12.9. The lowest BCUT2D eigenvalue weighted by Crippen LogP contribution is -2.18. The van der Waals surface area contributed by atoms with E-state index in [0.29, 0.717) is 6.04 Å². The number of hydrogen-bond donors (Lipinski definition) is 1. The molecule has 80 valence electrons. The van der Waals surface area contributed by atoms with Crippen molar-refractivity contribution in [2.45, 2.75) is 58.4 Å². The summed E-state index contributed by atoms with van der Waals surface area (Å²) in [5, 5.41) is 0. The van der Waals surface area contributed by atoms with E-state index in [1.54, 1.807) is 0 Å². The molecule has 0 rings (SSSR count). The molecule has 0 heterocycles. The van der Waals surface area contributed by atoms with E-state index in [1.807, 2.05) is 0 Å². The lowest BCUT2D eigenvalue weighted by Gasteiger charge is -2.08. The lowest BCUT2D eigenvalue weighted by atomic mass is 10.1. The van der Waals surface area contributed by atoms with Gasteiger partial charge in [0.15, 0.2) is 0 Å². The Labute approximate surface area is 82.8 Å². The third-order valence-corrected chi connectivity index (χ3v) is 2.28. The summed E-state index contributed by atoms with van der Waals surface area (Å²) < 4.78 is 5.48. The number of hydrogen-bond acceptors (Lipinski definition) is 2. The van der Waals surface area contributed by atoms with Crippen molar-refractivity contribution >= 4 is 0 Å². The zero-order chi connectivity index (χ0) is 9.94. The van der Waals surface area contributed by atoms with Gasteiger partial charge in [-0.15, -0.1) is 0 Å². The van der Waals surface area contributed by atoms with E-state index in [2.05, 4.69) is 13.8 Å². The fourth-order valence-corrected chi connectivity index (χ4v) is 1.21. The zero-order valence-electron chi connectivity index (χ0n) is 9.22. The van der Waals surface area contributed by atoms with E-state index in [0.717, 1.165) is 32.5 Å². The maximum atomic E-state index is 5.78.